The number of urea groups is 1. The molecule has 1 fully saturated rings. The number of amides is 2. The minimum absolute atomic E-state index is 0.287. The van der Waals surface area contributed by atoms with Gasteiger partial charge in [0.2, 0.25) is 0 Å². The summed E-state index contributed by atoms with van der Waals surface area (Å²) < 4.78 is 10.9. The SMILES string of the molecule is COc1ccc(CNC(=O)N[C@H](CN2CCCC2)[C@H](O)c2ccc3c(c2)CCCO3)cc1. The van der Waals surface area contributed by atoms with Crippen molar-refractivity contribution in [2.45, 2.75) is 44.4 Å². The van der Waals surface area contributed by atoms with Crippen LogP contribution in [0.5, 0.6) is 11.5 Å². The van der Waals surface area contributed by atoms with E-state index in [4.69, 9.17) is 9.47 Å². The van der Waals surface area contributed by atoms with Crippen LogP contribution in [0.15, 0.2) is 42.5 Å². The monoisotopic (exact) mass is 439 g/mol. The normalized spacial score (nSPS) is 17.7. The highest BCUT2D eigenvalue weighted by Gasteiger charge is 2.27. The van der Waals surface area contributed by atoms with Crippen molar-refractivity contribution in [2.24, 2.45) is 0 Å². The summed E-state index contributed by atoms with van der Waals surface area (Å²) in [5, 5.41) is 17.1. The lowest BCUT2D eigenvalue weighted by atomic mass is 9.96. The van der Waals surface area contributed by atoms with E-state index in [0.29, 0.717) is 13.1 Å². The van der Waals surface area contributed by atoms with Gasteiger partial charge in [0.1, 0.15) is 17.6 Å². The number of rotatable bonds is 8. The van der Waals surface area contributed by atoms with E-state index >= 15 is 0 Å². The van der Waals surface area contributed by atoms with E-state index in [0.717, 1.165) is 73.6 Å². The molecule has 7 nitrogen and oxygen atoms in total. The lowest BCUT2D eigenvalue weighted by Gasteiger charge is -2.29. The molecule has 2 heterocycles. The summed E-state index contributed by atoms with van der Waals surface area (Å²) in [4.78, 5) is 15.0. The Morgan fingerprint density at radius 1 is 1.16 bits per heavy atom. The van der Waals surface area contributed by atoms with E-state index in [1.54, 1.807) is 7.11 Å². The van der Waals surface area contributed by atoms with Crippen LogP contribution in [-0.4, -0.2) is 55.4 Å². The molecule has 2 atom stereocenters. The average molecular weight is 440 g/mol. The number of hydrogen-bond donors (Lipinski definition) is 3. The standard InChI is InChI=1S/C25H33N3O4/c1-31-21-9-6-18(7-10-21)16-26-25(30)27-22(17-28-12-2-3-13-28)24(29)20-8-11-23-19(15-20)5-4-14-32-23/h6-11,15,22,24,29H,2-5,12-14,16-17H2,1H3,(H2,26,27,30)/t22-,24-/m1/s1. The molecule has 7 heteroatoms. The van der Waals surface area contributed by atoms with Gasteiger partial charge in [0, 0.05) is 13.1 Å². The molecule has 2 aromatic carbocycles. The van der Waals surface area contributed by atoms with Gasteiger partial charge >= 0.3 is 6.03 Å². The summed E-state index contributed by atoms with van der Waals surface area (Å²) >= 11 is 0. The second-order valence-corrected chi connectivity index (χ2v) is 8.55. The molecule has 0 aromatic heterocycles. The molecule has 2 aliphatic heterocycles. The molecule has 4 rings (SSSR count). The molecule has 0 aliphatic carbocycles. The fourth-order valence-electron chi connectivity index (χ4n) is 4.41. The fourth-order valence-corrected chi connectivity index (χ4v) is 4.41. The Labute approximate surface area is 189 Å². The quantitative estimate of drug-likeness (QED) is 0.589. The van der Waals surface area contributed by atoms with Gasteiger partial charge in [-0.3, -0.25) is 0 Å². The first-order valence-corrected chi connectivity index (χ1v) is 11.5. The van der Waals surface area contributed by atoms with Crippen LogP contribution >= 0.6 is 0 Å². The molecule has 0 bridgehead atoms. The number of likely N-dealkylation sites (tertiary alicyclic amines) is 1. The summed E-state index contributed by atoms with van der Waals surface area (Å²) in [6.07, 6.45) is 3.44. The van der Waals surface area contributed by atoms with Gasteiger partial charge in [-0.25, -0.2) is 4.79 Å². The summed E-state index contributed by atoms with van der Waals surface area (Å²) in [7, 11) is 1.63. The maximum Gasteiger partial charge on any atom is 0.315 e. The second-order valence-electron chi connectivity index (χ2n) is 8.55. The Hall–Kier alpha value is -2.77. The predicted molar refractivity (Wildman–Crippen MR) is 123 cm³/mol. The zero-order valence-corrected chi connectivity index (χ0v) is 18.7. The largest absolute Gasteiger partial charge is 0.497 e. The Bertz CT molecular complexity index is 897. The molecule has 0 unspecified atom stereocenters. The number of benzene rings is 2. The molecular formula is C25H33N3O4. The maximum atomic E-state index is 12.7. The molecule has 2 aromatic rings. The molecule has 2 aliphatic rings. The van der Waals surface area contributed by atoms with Gasteiger partial charge in [-0.05, 0) is 79.7 Å². The lowest BCUT2D eigenvalue weighted by Crippen LogP contribution is -2.49. The highest BCUT2D eigenvalue weighted by molar-refractivity contribution is 5.74. The van der Waals surface area contributed by atoms with E-state index in [2.05, 4.69) is 15.5 Å². The molecule has 0 saturated carbocycles. The number of nitrogens with one attached hydrogen (secondary N) is 2. The van der Waals surface area contributed by atoms with Gasteiger partial charge in [0.25, 0.3) is 0 Å². The average Bonchev–Trinajstić information content (AvgIpc) is 3.35. The maximum absolute atomic E-state index is 12.7. The van der Waals surface area contributed by atoms with E-state index in [1.807, 2.05) is 42.5 Å². The number of aliphatic hydroxyl groups excluding tert-OH is 1. The number of fused-ring (bicyclic) bond motifs is 1. The number of nitrogens with zero attached hydrogens (tertiary/aromatic N) is 1. The number of hydrogen-bond acceptors (Lipinski definition) is 5. The summed E-state index contributed by atoms with van der Waals surface area (Å²) in [6.45, 7) is 3.75. The van der Waals surface area contributed by atoms with Gasteiger partial charge in [0.15, 0.2) is 0 Å². The van der Waals surface area contributed by atoms with Crippen molar-refractivity contribution in [3.63, 3.8) is 0 Å². The first kappa shape index (κ1) is 22.4. The smallest absolute Gasteiger partial charge is 0.315 e. The second kappa shape index (κ2) is 10.7. The fraction of sp³-hybridized carbons (Fsp3) is 0.480. The molecule has 0 radical (unpaired) electrons. The van der Waals surface area contributed by atoms with Gasteiger partial charge < -0.3 is 30.1 Å². The van der Waals surface area contributed by atoms with Crippen molar-refractivity contribution in [3.8, 4) is 11.5 Å². The van der Waals surface area contributed by atoms with Crippen LogP contribution in [0.1, 0.15) is 42.1 Å². The Balaban J connectivity index is 1.41. The molecule has 32 heavy (non-hydrogen) atoms. The van der Waals surface area contributed by atoms with Crippen molar-refractivity contribution >= 4 is 6.03 Å². The Morgan fingerprint density at radius 2 is 1.94 bits per heavy atom. The number of ether oxygens (including phenoxy) is 2. The third-order valence-electron chi connectivity index (χ3n) is 6.24. The molecule has 172 valence electrons. The van der Waals surface area contributed by atoms with Crippen LogP contribution < -0.4 is 20.1 Å². The topological polar surface area (TPSA) is 83.1 Å². The van der Waals surface area contributed by atoms with Crippen LogP contribution in [0.2, 0.25) is 0 Å². The molecule has 1 saturated heterocycles. The molecule has 3 N–H and O–H groups in total. The molecule has 2 amide bonds. The third-order valence-corrected chi connectivity index (χ3v) is 6.24. The minimum Gasteiger partial charge on any atom is -0.497 e. The van der Waals surface area contributed by atoms with Crippen molar-refractivity contribution in [1.29, 1.82) is 0 Å². The van der Waals surface area contributed by atoms with Crippen LogP contribution in [0.3, 0.4) is 0 Å². The zero-order chi connectivity index (χ0) is 22.3. The first-order chi connectivity index (χ1) is 15.6. The van der Waals surface area contributed by atoms with E-state index in [1.165, 1.54) is 0 Å². The Morgan fingerprint density at radius 3 is 2.69 bits per heavy atom. The number of methoxy groups -OCH3 is 1. The van der Waals surface area contributed by atoms with Crippen molar-refractivity contribution in [3.05, 3.63) is 59.2 Å². The van der Waals surface area contributed by atoms with Crippen molar-refractivity contribution in [2.75, 3.05) is 33.4 Å². The summed E-state index contributed by atoms with van der Waals surface area (Å²) in [5.74, 6) is 1.68. The van der Waals surface area contributed by atoms with Gasteiger partial charge in [-0.15, -0.1) is 0 Å². The highest BCUT2D eigenvalue weighted by atomic mass is 16.5. The first-order valence-electron chi connectivity index (χ1n) is 11.5. The van der Waals surface area contributed by atoms with Crippen LogP contribution in [0.25, 0.3) is 0 Å². The third kappa shape index (κ3) is 5.72. The summed E-state index contributed by atoms with van der Waals surface area (Å²) in [5.41, 5.74) is 2.91. The van der Waals surface area contributed by atoms with Gasteiger partial charge in [-0.2, -0.15) is 0 Å². The number of carbonyl (C=O) groups excluding carboxylic acids is 1. The Kier molecular flexibility index (Phi) is 7.50. The van der Waals surface area contributed by atoms with Crippen molar-refractivity contribution < 1.29 is 19.4 Å². The highest BCUT2D eigenvalue weighted by Crippen LogP contribution is 2.29. The zero-order valence-electron chi connectivity index (χ0n) is 18.7. The lowest BCUT2D eigenvalue weighted by molar-refractivity contribution is 0.109. The van der Waals surface area contributed by atoms with Crippen molar-refractivity contribution in [1.82, 2.24) is 15.5 Å². The number of aliphatic hydroxyl groups is 1. The predicted octanol–water partition coefficient (Wildman–Crippen LogP) is 3.02. The van der Waals surface area contributed by atoms with E-state index in [9.17, 15) is 9.90 Å². The van der Waals surface area contributed by atoms with Crippen LogP contribution in [0, 0.1) is 0 Å². The van der Waals surface area contributed by atoms with E-state index in [-0.39, 0.29) is 6.03 Å². The summed E-state index contributed by atoms with van der Waals surface area (Å²) in [6, 6.07) is 12.7. The van der Waals surface area contributed by atoms with Crippen LogP contribution in [-0.2, 0) is 13.0 Å². The van der Waals surface area contributed by atoms with Crippen LogP contribution in [0.4, 0.5) is 4.79 Å². The van der Waals surface area contributed by atoms with E-state index < -0.39 is 12.1 Å². The number of aryl methyl sites for hydroxylation is 1. The van der Waals surface area contributed by atoms with Gasteiger partial charge in [-0.1, -0.05) is 18.2 Å². The molecular weight excluding hydrogens is 406 g/mol. The van der Waals surface area contributed by atoms with Gasteiger partial charge in [0.05, 0.1) is 19.8 Å². The number of carbonyl (C=O) groups is 1. The minimum atomic E-state index is -0.797. The molecule has 0 spiro atoms.